The number of hydrogen-bond acceptors (Lipinski definition) is 4. The van der Waals surface area contributed by atoms with E-state index in [1.165, 1.54) is 11.3 Å². The van der Waals surface area contributed by atoms with Gasteiger partial charge in [0.05, 0.1) is 11.3 Å². The lowest BCUT2D eigenvalue weighted by Crippen LogP contribution is -2.18. The van der Waals surface area contributed by atoms with Crippen LogP contribution in [-0.2, 0) is 0 Å². The molecule has 5 nitrogen and oxygen atoms in total. The molecule has 0 spiro atoms. The highest BCUT2D eigenvalue weighted by molar-refractivity contribution is 7.13. The van der Waals surface area contributed by atoms with Gasteiger partial charge < -0.3 is 5.32 Å². The lowest BCUT2D eigenvalue weighted by atomic mass is 10.1. The van der Waals surface area contributed by atoms with Gasteiger partial charge in [0, 0.05) is 17.1 Å². The van der Waals surface area contributed by atoms with Crippen LogP contribution in [0.25, 0.3) is 10.8 Å². The van der Waals surface area contributed by atoms with Gasteiger partial charge in [-0.05, 0) is 35.0 Å². The van der Waals surface area contributed by atoms with Crippen molar-refractivity contribution >= 4 is 44.7 Å². The monoisotopic (exact) mass is 373 g/mol. The Labute approximate surface area is 159 Å². The Balaban J connectivity index is 1.58. The highest BCUT2D eigenvalue weighted by Crippen LogP contribution is 2.21. The molecule has 6 heteroatoms. The zero-order valence-electron chi connectivity index (χ0n) is 14.2. The molecule has 3 aromatic carbocycles. The number of carbonyl (C=O) groups excluding carboxylic acids is 2. The van der Waals surface area contributed by atoms with Crippen LogP contribution in [0.2, 0.25) is 0 Å². The molecule has 1 aromatic heterocycles. The summed E-state index contributed by atoms with van der Waals surface area (Å²) in [5.74, 6) is -0.588. The molecule has 2 N–H and O–H groups in total. The van der Waals surface area contributed by atoms with E-state index in [4.69, 9.17) is 0 Å². The average molecular weight is 373 g/mol. The van der Waals surface area contributed by atoms with Crippen molar-refractivity contribution in [2.24, 2.45) is 0 Å². The Hall–Kier alpha value is -3.51. The van der Waals surface area contributed by atoms with Gasteiger partial charge in [0.1, 0.15) is 0 Å². The Bertz CT molecular complexity index is 1120. The second kappa shape index (κ2) is 7.39. The number of anilines is 2. The highest BCUT2D eigenvalue weighted by Gasteiger charge is 2.15. The van der Waals surface area contributed by atoms with Gasteiger partial charge >= 0.3 is 0 Å². The Kier molecular flexibility index (Phi) is 4.63. The standard InChI is InChI=1S/C21H15N3O2S/c25-19(16-10-9-14-5-1-2-6-15(14)13-16)23-18-8-4-3-7-17(18)20(26)24-21-22-11-12-27-21/h1-13H,(H,23,25)(H,22,24,26). The third-order valence-electron chi connectivity index (χ3n) is 4.08. The van der Waals surface area contributed by atoms with Crippen molar-refractivity contribution in [1.29, 1.82) is 0 Å². The topological polar surface area (TPSA) is 71.1 Å². The molecule has 2 amide bonds. The Morgan fingerprint density at radius 2 is 1.59 bits per heavy atom. The first kappa shape index (κ1) is 16.9. The number of para-hydroxylation sites is 1. The normalized spacial score (nSPS) is 10.5. The molecule has 0 atom stereocenters. The number of benzene rings is 3. The number of thiazole rings is 1. The zero-order valence-corrected chi connectivity index (χ0v) is 15.0. The number of hydrogen-bond donors (Lipinski definition) is 2. The van der Waals surface area contributed by atoms with Gasteiger partial charge in [0.15, 0.2) is 5.13 Å². The summed E-state index contributed by atoms with van der Waals surface area (Å²) in [7, 11) is 0. The number of nitrogens with one attached hydrogen (secondary N) is 2. The molecule has 0 unspecified atom stereocenters. The van der Waals surface area contributed by atoms with Crippen LogP contribution in [0.1, 0.15) is 20.7 Å². The minimum atomic E-state index is -0.320. The van der Waals surface area contributed by atoms with Crippen LogP contribution in [0.3, 0.4) is 0 Å². The first-order valence-electron chi connectivity index (χ1n) is 8.31. The van der Waals surface area contributed by atoms with Gasteiger partial charge in [-0.2, -0.15) is 0 Å². The average Bonchev–Trinajstić information content (AvgIpc) is 3.21. The summed E-state index contributed by atoms with van der Waals surface area (Å²) in [6.45, 7) is 0. The predicted octanol–water partition coefficient (Wildman–Crippen LogP) is 4.80. The minimum absolute atomic E-state index is 0.268. The number of rotatable bonds is 4. The number of carbonyl (C=O) groups is 2. The van der Waals surface area contributed by atoms with E-state index >= 15 is 0 Å². The van der Waals surface area contributed by atoms with Crippen LogP contribution in [0.5, 0.6) is 0 Å². The van der Waals surface area contributed by atoms with E-state index in [1.54, 1.807) is 41.9 Å². The van der Waals surface area contributed by atoms with Crippen molar-refractivity contribution in [2.45, 2.75) is 0 Å². The summed E-state index contributed by atoms with van der Waals surface area (Å²) in [5.41, 5.74) is 1.36. The maximum Gasteiger partial charge on any atom is 0.259 e. The van der Waals surface area contributed by atoms with Gasteiger partial charge in [-0.3, -0.25) is 14.9 Å². The number of nitrogens with zero attached hydrogens (tertiary/aromatic N) is 1. The van der Waals surface area contributed by atoms with Crippen molar-refractivity contribution in [2.75, 3.05) is 10.6 Å². The quantitative estimate of drug-likeness (QED) is 0.540. The van der Waals surface area contributed by atoms with Crippen LogP contribution >= 0.6 is 11.3 Å². The van der Waals surface area contributed by atoms with Gasteiger partial charge in [-0.25, -0.2) is 4.98 Å². The Morgan fingerprint density at radius 3 is 2.41 bits per heavy atom. The summed E-state index contributed by atoms with van der Waals surface area (Å²) < 4.78 is 0. The van der Waals surface area contributed by atoms with Crippen LogP contribution in [0.4, 0.5) is 10.8 Å². The van der Waals surface area contributed by atoms with E-state index in [-0.39, 0.29) is 11.8 Å². The summed E-state index contributed by atoms with van der Waals surface area (Å²) in [6, 6.07) is 20.3. The highest BCUT2D eigenvalue weighted by atomic mass is 32.1. The number of aromatic nitrogens is 1. The fourth-order valence-electron chi connectivity index (χ4n) is 2.76. The zero-order chi connectivity index (χ0) is 18.6. The van der Waals surface area contributed by atoms with Crippen LogP contribution in [0, 0.1) is 0 Å². The first-order valence-corrected chi connectivity index (χ1v) is 9.19. The van der Waals surface area contributed by atoms with Gasteiger partial charge in [0.25, 0.3) is 11.8 Å². The third kappa shape index (κ3) is 3.70. The molecule has 4 aromatic rings. The lowest BCUT2D eigenvalue weighted by Gasteiger charge is -2.11. The summed E-state index contributed by atoms with van der Waals surface area (Å²) in [6.07, 6.45) is 1.62. The van der Waals surface area contributed by atoms with Crippen molar-refractivity contribution in [3.8, 4) is 0 Å². The Morgan fingerprint density at radius 1 is 0.815 bits per heavy atom. The molecule has 0 radical (unpaired) electrons. The maximum atomic E-state index is 12.7. The van der Waals surface area contributed by atoms with E-state index < -0.39 is 0 Å². The summed E-state index contributed by atoms with van der Waals surface area (Å²) >= 11 is 1.33. The fraction of sp³-hybridized carbons (Fsp3) is 0. The predicted molar refractivity (Wildman–Crippen MR) is 108 cm³/mol. The molecule has 0 fully saturated rings. The summed E-state index contributed by atoms with van der Waals surface area (Å²) in [5, 5.41) is 9.91. The molecule has 0 saturated heterocycles. The number of fused-ring (bicyclic) bond motifs is 1. The molecule has 27 heavy (non-hydrogen) atoms. The van der Waals surface area contributed by atoms with E-state index in [1.807, 2.05) is 36.4 Å². The van der Waals surface area contributed by atoms with Crippen molar-refractivity contribution in [3.05, 3.63) is 89.4 Å². The molecule has 0 saturated carbocycles. The largest absolute Gasteiger partial charge is 0.321 e. The smallest absolute Gasteiger partial charge is 0.259 e. The first-order chi connectivity index (χ1) is 13.2. The second-order valence-corrected chi connectivity index (χ2v) is 6.75. The van der Waals surface area contributed by atoms with Gasteiger partial charge in [-0.15, -0.1) is 11.3 Å². The SMILES string of the molecule is O=C(Nc1ccccc1C(=O)Nc1nccs1)c1ccc2ccccc2c1. The van der Waals surface area contributed by atoms with Crippen LogP contribution in [0.15, 0.2) is 78.3 Å². The maximum absolute atomic E-state index is 12.7. The second-order valence-electron chi connectivity index (χ2n) is 5.85. The van der Waals surface area contributed by atoms with E-state index in [0.717, 1.165) is 10.8 Å². The minimum Gasteiger partial charge on any atom is -0.321 e. The van der Waals surface area contributed by atoms with Gasteiger partial charge in [0.2, 0.25) is 0 Å². The van der Waals surface area contributed by atoms with Crippen molar-refractivity contribution in [3.63, 3.8) is 0 Å². The molecule has 132 valence electrons. The van der Waals surface area contributed by atoms with E-state index in [2.05, 4.69) is 15.6 Å². The van der Waals surface area contributed by atoms with E-state index in [9.17, 15) is 9.59 Å². The molecular formula is C21H15N3O2S. The van der Waals surface area contributed by atoms with Crippen LogP contribution < -0.4 is 10.6 Å². The van der Waals surface area contributed by atoms with Crippen molar-refractivity contribution in [1.82, 2.24) is 4.98 Å². The molecule has 0 aliphatic heterocycles. The third-order valence-corrected chi connectivity index (χ3v) is 4.77. The summed E-state index contributed by atoms with van der Waals surface area (Å²) in [4.78, 5) is 29.3. The lowest BCUT2D eigenvalue weighted by molar-refractivity contribution is 0.102. The molecular weight excluding hydrogens is 358 g/mol. The van der Waals surface area contributed by atoms with Crippen molar-refractivity contribution < 1.29 is 9.59 Å². The van der Waals surface area contributed by atoms with Gasteiger partial charge in [-0.1, -0.05) is 42.5 Å². The fourth-order valence-corrected chi connectivity index (χ4v) is 3.29. The molecule has 0 aliphatic rings. The van der Waals surface area contributed by atoms with E-state index in [0.29, 0.717) is 21.9 Å². The van der Waals surface area contributed by atoms with Crippen LogP contribution in [-0.4, -0.2) is 16.8 Å². The number of amides is 2. The molecule has 4 rings (SSSR count). The molecule has 1 heterocycles. The molecule has 0 bridgehead atoms. The molecule has 0 aliphatic carbocycles.